The van der Waals surface area contributed by atoms with Gasteiger partial charge in [0.2, 0.25) is 0 Å². The number of hydrogen-bond acceptors (Lipinski definition) is 3. The molecule has 1 aromatic carbocycles. The van der Waals surface area contributed by atoms with Gasteiger partial charge in [-0.3, -0.25) is 5.10 Å². The van der Waals surface area contributed by atoms with Crippen LogP contribution in [0, 0.1) is 0 Å². The lowest BCUT2D eigenvalue weighted by atomic mass is 10.1. The maximum Gasteiger partial charge on any atom is 0.356 e. The zero-order valence-electron chi connectivity index (χ0n) is 8.83. The zero-order valence-corrected chi connectivity index (χ0v) is 10.3. The third-order valence-corrected chi connectivity index (χ3v) is 2.94. The van der Waals surface area contributed by atoms with E-state index in [0.717, 1.165) is 5.56 Å². The van der Waals surface area contributed by atoms with Crippen LogP contribution in [-0.4, -0.2) is 23.3 Å². The minimum absolute atomic E-state index is 0.286. The summed E-state index contributed by atoms with van der Waals surface area (Å²) < 4.78 is 4.57. The average Bonchev–Trinajstić information content (AvgIpc) is 2.81. The lowest BCUT2D eigenvalue weighted by Gasteiger charge is -1.98. The van der Waals surface area contributed by atoms with Gasteiger partial charge in [-0.1, -0.05) is 29.3 Å². The largest absolute Gasteiger partial charge is 0.464 e. The summed E-state index contributed by atoms with van der Waals surface area (Å²) in [6, 6.07) is 6.71. The van der Waals surface area contributed by atoms with Gasteiger partial charge in [-0.05, 0) is 18.2 Å². The fraction of sp³-hybridized carbons (Fsp3) is 0.0909. The molecule has 0 aliphatic heterocycles. The number of aromatic nitrogens is 2. The van der Waals surface area contributed by atoms with Crippen molar-refractivity contribution in [2.24, 2.45) is 0 Å². The standard InChI is InChI=1S/C11H8Cl2N2O2/c1-17-11(16)10-5-9(14-15-10)6-2-3-7(12)8(13)4-6/h2-5H,1H3,(H,14,15). The maximum absolute atomic E-state index is 11.2. The Morgan fingerprint density at radius 2 is 2.06 bits per heavy atom. The molecule has 4 nitrogen and oxygen atoms in total. The smallest absolute Gasteiger partial charge is 0.356 e. The van der Waals surface area contributed by atoms with E-state index >= 15 is 0 Å². The Bertz CT molecular complexity index is 566. The number of esters is 1. The van der Waals surface area contributed by atoms with Crippen LogP contribution < -0.4 is 0 Å². The molecule has 0 radical (unpaired) electrons. The Labute approximate surface area is 107 Å². The van der Waals surface area contributed by atoms with Gasteiger partial charge in [0, 0.05) is 5.56 Å². The van der Waals surface area contributed by atoms with E-state index in [1.807, 2.05) is 0 Å². The monoisotopic (exact) mass is 270 g/mol. The lowest BCUT2D eigenvalue weighted by Crippen LogP contribution is -2.00. The Balaban J connectivity index is 2.37. The molecule has 0 aliphatic rings. The van der Waals surface area contributed by atoms with Crippen LogP contribution in [-0.2, 0) is 4.74 Å². The maximum atomic E-state index is 11.2. The number of hydrogen-bond donors (Lipinski definition) is 1. The minimum atomic E-state index is -0.469. The number of ether oxygens (including phenoxy) is 1. The molecular weight excluding hydrogens is 263 g/mol. The normalized spacial score (nSPS) is 10.3. The summed E-state index contributed by atoms with van der Waals surface area (Å²) in [6.07, 6.45) is 0. The number of carbonyl (C=O) groups is 1. The highest BCUT2D eigenvalue weighted by Crippen LogP contribution is 2.27. The minimum Gasteiger partial charge on any atom is -0.464 e. The first-order valence-corrected chi connectivity index (χ1v) is 5.46. The van der Waals surface area contributed by atoms with Crippen molar-refractivity contribution in [3.63, 3.8) is 0 Å². The quantitative estimate of drug-likeness (QED) is 0.853. The van der Waals surface area contributed by atoms with Crippen molar-refractivity contribution in [3.8, 4) is 11.3 Å². The molecule has 0 atom stereocenters. The number of halogens is 2. The van der Waals surface area contributed by atoms with Crippen LogP contribution in [0.15, 0.2) is 24.3 Å². The van der Waals surface area contributed by atoms with Crippen molar-refractivity contribution >= 4 is 29.2 Å². The van der Waals surface area contributed by atoms with E-state index < -0.39 is 5.97 Å². The molecule has 0 amide bonds. The average molecular weight is 271 g/mol. The van der Waals surface area contributed by atoms with Gasteiger partial charge in [-0.2, -0.15) is 5.10 Å². The summed E-state index contributed by atoms with van der Waals surface area (Å²) >= 11 is 11.7. The van der Waals surface area contributed by atoms with Crippen molar-refractivity contribution in [2.45, 2.75) is 0 Å². The fourth-order valence-corrected chi connectivity index (χ4v) is 1.64. The summed E-state index contributed by atoms with van der Waals surface area (Å²) in [5.74, 6) is -0.469. The molecular formula is C11H8Cl2N2O2. The van der Waals surface area contributed by atoms with Gasteiger partial charge < -0.3 is 4.74 Å². The van der Waals surface area contributed by atoms with Crippen molar-refractivity contribution in [2.75, 3.05) is 7.11 Å². The van der Waals surface area contributed by atoms with Crippen LogP contribution in [0.2, 0.25) is 10.0 Å². The van der Waals surface area contributed by atoms with Crippen molar-refractivity contribution in [1.29, 1.82) is 0 Å². The molecule has 0 unspecified atom stereocenters. The van der Waals surface area contributed by atoms with Crippen LogP contribution >= 0.6 is 23.2 Å². The molecule has 0 saturated heterocycles. The van der Waals surface area contributed by atoms with E-state index in [-0.39, 0.29) is 5.69 Å². The Hall–Kier alpha value is -1.52. The number of nitrogens with zero attached hydrogens (tertiary/aromatic N) is 1. The van der Waals surface area contributed by atoms with Crippen LogP contribution in [0.5, 0.6) is 0 Å². The predicted molar refractivity (Wildman–Crippen MR) is 65.4 cm³/mol. The molecule has 0 spiro atoms. The van der Waals surface area contributed by atoms with Gasteiger partial charge in [-0.25, -0.2) is 4.79 Å². The fourth-order valence-electron chi connectivity index (χ4n) is 1.34. The number of rotatable bonds is 2. The summed E-state index contributed by atoms with van der Waals surface area (Å²) in [6.45, 7) is 0. The third-order valence-electron chi connectivity index (χ3n) is 2.20. The Morgan fingerprint density at radius 1 is 1.29 bits per heavy atom. The SMILES string of the molecule is COC(=O)c1cc(-c2ccc(Cl)c(Cl)c2)n[nH]1. The molecule has 1 heterocycles. The number of benzene rings is 1. The van der Waals surface area contributed by atoms with Crippen molar-refractivity contribution in [1.82, 2.24) is 10.2 Å². The zero-order chi connectivity index (χ0) is 12.4. The highest BCUT2D eigenvalue weighted by molar-refractivity contribution is 6.42. The highest BCUT2D eigenvalue weighted by Gasteiger charge is 2.11. The third kappa shape index (κ3) is 2.43. The van der Waals surface area contributed by atoms with Gasteiger partial charge in [-0.15, -0.1) is 0 Å². The number of H-pyrrole nitrogens is 1. The first-order chi connectivity index (χ1) is 8.11. The molecule has 2 rings (SSSR count). The van der Waals surface area contributed by atoms with E-state index in [1.165, 1.54) is 7.11 Å². The second kappa shape index (κ2) is 4.77. The molecule has 0 saturated carbocycles. The highest BCUT2D eigenvalue weighted by atomic mass is 35.5. The van der Waals surface area contributed by atoms with Crippen LogP contribution in [0.4, 0.5) is 0 Å². The van der Waals surface area contributed by atoms with Gasteiger partial charge in [0.05, 0.1) is 22.8 Å². The second-order valence-corrected chi connectivity index (χ2v) is 4.10. The number of nitrogens with one attached hydrogen (secondary N) is 1. The van der Waals surface area contributed by atoms with E-state index in [9.17, 15) is 4.79 Å². The van der Waals surface area contributed by atoms with Gasteiger partial charge in [0.25, 0.3) is 0 Å². The number of aromatic amines is 1. The number of methoxy groups -OCH3 is 1. The van der Waals surface area contributed by atoms with Crippen LogP contribution in [0.25, 0.3) is 11.3 Å². The molecule has 17 heavy (non-hydrogen) atoms. The van der Waals surface area contributed by atoms with Gasteiger partial charge in [0.15, 0.2) is 0 Å². The van der Waals surface area contributed by atoms with Crippen LogP contribution in [0.3, 0.4) is 0 Å². The van der Waals surface area contributed by atoms with Crippen LogP contribution in [0.1, 0.15) is 10.5 Å². The molecule has 1 aromatic heterocycles. The van der Waals surface area contributed by atoms with E-state index in [0.29, 0.717) is 15.7 Å². The predicted octanol–water partition coefficient (Wildman–Crippen LogP) is 3.17. The summed E-state index contributed by atoms with van der Waals surface area (Å²) in [7, 11) is 1.31. The van der Waals surface area contributed by atoms with Gasteiger partial charge in [0.1, 0.15) is 5.69 Å². The number of carbonyl (C=O) groups excluding carboxylic acids is 1. The Kier molecular flexibility index (Phi) is 3.36. The second-order valence-electron chi connectivity index (χ2n) is 3.29. The summed E-state index contributed by atoms with van der Waals surface area (Å²) in [5, 5.41) is 7.50. The van der Waals surface area contributed by atoms with E-state index in [1.54, 1.807) is 24.3 Å². The first-order valence-electron chi connectivity index (χ1n) is 4.71. The van der Waals surface area contributed by atoms with Gasteiger partial charge >= 0.3 is 5.97 Å². The van der Waals surface area contributed by atoms with E-state index in [4.69, 9.17) is 23.2 Å². The van der Waals surface area contributed by atoms with E-state index in [2.05, 4.69) is 14.9 Å². The summed E-state index contributed by atoms with van der Waals surface area (Å²) in [4.78, 5) is 11.2. The molecule has 2 aromatic rings. The topological polar surface area (TPSA) is 55.0 Å². The molecule has 0 aliphatic carbocycles. The molecule has 0 bridgehead atoms. The Morgan fingerprint density at radius 3 is 2.71 bits per heavy atom. The molecule has 6 heteroatoms. The molecule has 1 N–H and O–H groups in total. The lowest BCUT2D eigenvalue weighted by molar-refractivity contribution is 0.0594. The molecule has 88 valence electrons. The first kappa shape index (κ1) is 12.0. The summed E-state index contributed by atoms with van der Waals surface area (Å²) in [5.41, 5.74) is 1.66. The van der Waals surface area contributed by atoms with Crippen molar-refractivity contribution < 1.29 is 9.53 Å². The molecule has 0 fully saturated rings. The van der Waals surface area contributed by atoms with Crippen molar-refractivity contribution in [3.05, 3.63) is 40.0 Å².